The highest BCUT2D eigenvalue weighted by molar-refractivity contribution is 7.78. The van der Waals surface area contributed by atoms with Gasteiger partial charge in [-0.1, -0.05) is 30.3 Å². The maximum atomic E-state index is 12.7. The van der Waals surface area contributed by atoms with Crippen LogP contribution in [0.4, 0.5) is 11.4 Å². The molecular formula is C21H19N4OS+. The van der Waals surface area contributed by atoms with Gasteiger partial charge >= 0.3 is 0 Å². The lowest BCUT2D eigenvalue weighted by Gasteiger charge is -2.11. The molecule has 5 nitrogen and oxygen atoms in total. The predicted octanol–water partition coefficient (Wildman–Crippen LogP) is 3.33. The van der Waals surface area contributed by atoms with Gasteiger partial charge in [-0.3, -0.25) is 0 Å². The van der Waals surface area contributed by atoms with Crippen LogP contribution in [0, 0.1) is 5.41 Å². The van der Waals surface area contributed by atoms with E-state index in [9.17, 15) is 4.21 Å². The minimum atomic E-state index is -1.33. The van der Waals surface area contributed by atoms with Gasteiger partial charge in [0.05, 0.1) is 10.5 Å². The summed E-state index contributed by atoms with van der Waals surface area (Å²) in [6.45, 7) is 0. The quantitative estimate of drug-likeness (QED) is 0.318. The van der Waals surface area contributed by atoms with Crippen molar-refractivity contribution >= 4 is 39.5 Å². The fraction of sp³-hybridized carbons (Fsp3) is 0. The zero-order chi connectivity index (χ0) is 18.8. The summed E-state index contributed by atoms with van der Waals surface area (Å²) in [7, 11) is -1.33. The Morgan fingerprint density at radius 2 is 1.85 bits per heavy atom. The second-order valence-corrected chi connectivity index (χ2v) is 7.49. The minimum Gasteiger partial charge on any atom is -0.398 e. The molecule has 0 fully saturated rings. The number of nitrogens with one attached hydrogen (secondary N) is 2. The molecule has 134 valence electrons. The van der Waals surface area contributed by atoms with E-state index >= 15 is 0 Å². The maximum Gasteiger partial charge on any atom is 0.242 e. The topological polar surface area (TPSA) is 99.3 Å². The summed E-state index contributed by atoms with van der Waals surface area (Å²) in [5.74, 6) is 0. The Morgan fingerprint density at radius 1 is 1.04 bits per heavy atom. The first-order valence-electron chi connectivity index (χ1n) is 8.48. The molecule has 0 spiro atoms. The Kier molecular flexibility index (Phi) is 4.58. The largest absolute Gasteiger partial charge is 0.398 e. The van der Waals surface area contributed by atoms with Crippen LogP contribution in [0.5, 0.6) is 0 Å². The molecule has 0 saturated carbocycles. The molecule has 0 amide bonds. The monoisotopic (exact) mass is 375 g/mol. The van der Waals surface area contributed by atoms with Crippen LogP contribution >= 0.6 is 0 Å². The van der Waals surface area contributed by atoms with Crippen molar-refractivity contribution in [3.05, 3.63) is 78.5 Å². The molecule has 0 saturated heterocycles. The van der Waals surface area contributed by atoms with Crippen LogP contribution in [0.1, 0.15) is 5.56 Å². The molecule has 0 aliphatic heterocycles. The van der Waals surface area contributed by atoms with Gasteiger partial charge in [-0.2, -0.15) is 4.21 Å². The van der Waals surface area contributed by atoms with E-state index in [0.717, 1.165) is 22.0 Å². The zero-order valence-electron chi connectivity index (χ0n) is 14.5. The molecule has 0 bridgehead atoms. The molecule has 1 unspecified atom stereocenters. The average molecular weight is 375 g/mol. The summed E-state index contributed by atoms with van der Waals surface area (Å²) in [5, 5.41) is 8.82. The third kappa shape index (κ3) is 3.28. The van der Waals surface area contributed by atoms with E-state index in [1.165, 1.54) is 6.21 Å². The lowest BCUT2D eigenvalue weighted by atomic mass is 9.98. The smallest absolute Gasteiger partial charge is 0.242 e. The molecule has 6 N–H and O–H groups in total. The number of aromatic nitrogens is 1. The van der Waals surface area contributed by atoms with Crippen LogP contribution in [0.2, 0.25) is 0 Å². The number of quaternary nitrogens is 1. The van der Waals surface area contributed by atoms with Crippen molar-refractivity contribution in [2.75, 3.05) is 5.73 Å². The molecule has 0 aliphatic rings. The van der Waals surface area contributed by atoms with Crippen molar-refractivity contribution < 1.29 is 8.93 Å². The number of fused-ring (bicyclic) bond motifs is 1. The van der Waals surface area contributed by atoms with Gasteiger partial charge < -0.3 is 16.1 Å². The van der Waals surface area contributed by atoms with E-state index in [4.69, 9.17) is 11.1 Å². The van der Waals surface area contributed by atoms with E-state index in [2.05, 4.69) is 4.98 Å². The van der Waals surface area contributed by atoms with Gasteiger partial charge in [0.2, 0.25) is 11.0 Å². The van der Waals surface area contributed by atoms with Crippen LogP contribution in [-0.4, -0.2) is 15.4 Å². The molecule has 27 heavy (non-hydrogen) atoms. The van der Waals surface area contributed by atoms with Crippen LogP contribution in [0.15, 0.2) is 77.8 Å². The van der Waals surface area contributed by atoms with Crippen LogP contribution in [-0.2, 0) is 11.0 Å². The van der Waals surface area contributed by atoms with E-state index in [1.807, 2.05) is 72.9 Å². The average Bonchev–Trinajstić information content (AvgIpc) is 3.17. The highest BCUT2D eigenvalue weighted by Gasteiger charge is 2.17. The number of anilines is 1. The lowest BCUT2D eigenvalue weighted by Crippen LogP contribution is -2.78. The van der Waals surface area contributed by atoms with Gasteiger partial charge in [0.15, 0.2) is 5.69 Å². The molecule has 4 aromatic rings. The third-order valence-electron chi connectivity index (χ3n) is 4.50. The van der Waals surface area contributed by atoms with Crippen LogP contribution in [0.25, 0.3) is 22.0 Å². The van der Waals surface area contributed by atoms with E-state index in [-0.39, 0.29) is 0 Å². The number of hydrogen-bond acceptors (Lipinski definition) is 3. The summed E-state index contributed by atoms with van der Waals surface area (Å²) in [6, 6.07) is 21.1. The number of benzene rings is 3. The zero-order valence-corrected chi connectivity index (χ0v) is 15.3. The standard InChI is InChI=1S/C21H18N4OS/c22-13-18-19(23)11-14(16-7-4-8-20-17(16)9-10-24-20)12-21(18)25-27(26)15-5-2-1-3-6-15/h1-13,22,24-25H,23H2/p+1. The molecule has 1 aromatic heterocycles. The number of rotatable bonds is 5. The van der Waals surface area contributed by atoms with Gasteiger partial charge in [-0.15, -0.1) is 0 Å². The lowest BCUT2D eigenvalue weighted by molar-refractivity contribution is -0.389. The summed E-state index contributed by atoms with van der Waals surface area (Å²) in [6.07, 6.45) is 3.12. The number of nitrogen functional groups attached to an aromatic ring is 1. The first kappa shape index (κ1) is 17.2. The van der Waals surface area contributed by atoms with Gasteiger partial charge in [-0.25, -0.2) is 4.72 Å². The molecule has 4 rings (SSSR count). The maximum absolute atomic E-state index is 12.7. The van der Waals surface area contributed by atoms with Crippen molar-refractivity contribution in [3.8, 4) is 11.1 Å². The van der Waals surface area contributed by atoms with E-state index < -0.39 is 11.0 Å². The molecule has 3 aromatic carbocycles. The van der Waals surface area contributed by atoms with Crippen molar-refractivity contribution in [3.63, 3.8) is 0 Å². The summed E-state index contributed by atoms with van der Waals surface area (Å²) >= 11 is 0. The molecule has 6 heteroatoms. The minimum absolute atomic E-state index is 0.492. The molecule has 0 radical (unpaired) electrons. The number of hydrogen-bond donors (Lipinski definition) is 4. The normalized spacial score (nSPS) is 12.1. The Labute approximate surface area is 159 Å². The fourth-order valence-electron chi connectivity index (χ4n) is 3.19. The Balaban J connectivity index is 1.81. The second kappa shape index (κ2) is 7.19. The van der Waals surface area contributed by atoms with Gasteiger partial charge in [0, 0.05) is 35.1 Å². The molecule has 1 heterocycles. The Bertz CT molecular complexity index is 1150. The fourth-order valence-corrected chi connectivity index (χ4v) is 4.18. The highest BCUT2D eigenvalue weighted by Crippen LogP contribution is 2.32. The third-order valence-corrected chi connectivity index (χ3v) is 5.71. The van der Waals surface area contributed by atoms with Crippen molar-refractivity contribution in [2.24, 2.45) is 0 Å². The van der Waals surface area contributed by atoms with Crippen LogP contribution < -0.4 is 10.5 Å². The van der Waals surface area contributed by atoms with Crippen molar-refractivity contribution in [1.29, 1.82) is 5.41 Å². The van der Waals surface area contributed by atoms with Gasteiger partial charge in [0.25, 0.3) is 0 Å². The first-order valence-corrected chi connectivity index (χ1v) is 9.69. The predicted molar refractivity (Wildman–Crippen MR) is 110 cm³/mol. The van der Waals surface area contributed by atoms with Crippen LogP contribution in [0.3, 0.4) is 0 Å². The molecule has 1 atom stereocenters. The summed E-state index contributed by atoms with van der Waals surface area (Å²) in [4.78, 5) is 3.92. The number of aromatic amines is 1. The highest BCUT2D eigenvalue weighted by atomic mass is 32.2. The molecular weight excluding hydrogens is 356 g/mol. The summed E-state index contributed by atoms with van der Waals surface area (Å²) < 4.78 is 14.4. The van der Waals surface area contributed by atoms with Crippen molar-refractivity contribution in [1.82, 2.24) is 4.98 Å². The first-order chi connectivity index (χ1) is 13.2. The molecule has 0 aliphatic carbocycles. The van der Waals surface area contributed by atoms with Crippen molar-refractivity contribution in [2.45, 2.75) is 4.90 Å². The number of H-pyrrole nitrogens is 1. The second-order valence-electron chi connectivity index (χ2n) is 6.19. The Morgan fingerprint density at radius 3 is 2.63 bits per heavy atom. The number of nitrogens with two attached hydrogens (primary N) is 2. The van der Waals surface area contributed by atoms with E-state index in [0.29, 0.717) is 21.8 Å². The Hall–Kier alpha value is -3.22. The summed E-state index contributed by atoms with van der Waals surface area (Å²) in [5.41, 5.74) is 11.0. The SMILES string of the molecule is N=Cc1c(N)cc(-c2cccc3[nH]ccc23)cc1[NH2+]S(=O)c1ccccc1. The van der Waals surface area contributed by atoms with Gasteiger partial charge in [0.1, 0.15) is 0 Å². The van der Waals surface area contributed by atoms with Gasteiger partial charge in [-0.05, 0) is 41.5 Å². The van der Waals surface area contributed by atoms with E-state index in [1.54, 1.807) is 4.72 Å².